The van der Waals surface area contributed by atoms with E-state index < -0.39 is 10.0 Å². The molecule has 0 aromatic carbocycles. The molecule has 0 bridgehead atoms. The highest BCUT2D eigenvalue weighted by Gasteiger charge is 2.33. The molecule has 7 heteroatoms. The molecule has 1 saturated heterocycles. The Morgan fingerprint density at radius 1 is 1.43 bits per heavy atom. The van der Waals surface area contributed by atoms with Gasteiger partial charge in [-0.25, -0.2) is 13.1 Å². The summed E-state index contributed by atoms with van der Waals surface area (Å²) in [4.78, 5) is 3.53. The van der Waals surface area contributed by atoms with Gasteiger partial charge in [-0.15, -0.1) is 11.3 Å². The van der Waals surface area contributed by atoms with Gasteiger partial charge in [0, 0.05) is 30.6 Å². The summed E-state index contributed by atoms with van der Waals surface area (Å²) in [5.74, 6) is 0.145. The molecule has 1 aromatic rings. The molecule has 2 heterocycles. The molecule has 1 atom stereocenters. The molecule has 0 unspecified atom stereocenters. The van der Waals surface area contributed by atoms with Crippen LogP contribution in [0.3, 0.4) is 0 Å². The Bertz CT molecular complexity index is 541. The van der Waals surface area contributed by atoms with Crippen molar-refractivity contribution >= 4 is 21.4 Å². The van der Waals surface area contributed by atoms with Crippen molar-refractivity contribution in [3.63, 3.8) is 0 Å². The largest absolute Gasteiger partial charge is 0.374 e. The number of hydrogen-bond acceptors (Lipinski definition) is 5. The van der Waals surface area contributed by atoms with Crippen LogP contribution in [0.1, 0.15) is 17.7 Å². The average molecular weight is 330 g/mol. The number of ether oxygens (including phenoxy) is 1. The van der Waals surface area contributed by atoms with Gasteiger partial charge in [-0.3, -0.25) is 4.90 Å². The Balaban J connectivity index is 1.42. The van der Waals surface area contributed by atoms with Gasteiger partial charge in [0.1, 0.15) is 0 Å². The number of nitrogens with one attached hydrogen (secondary N) is 1. The van der Waals surface area contributed by atoms with Crippen LogP contribution in [0.25, 0.3) is 0 Å². The maximum atomic E-state index is 12.0. The molecule has 1 aromatic heterocycles. The predicted octanol–water partition coefficient (Wildman–Crippen LogP) is 1.07. The van der Waals surface area contributed by atoms with E-state index >= 15 is 0 Å². The second-order valence-corrected chi connectivity index (χ2v) is 8.67. The molecule has 0 amide bonds. The van der Waals surface area contributed by atoms with Gasteiger partial charge < -0.3 is 4.74 Å². The second kappa shape index (κ2) is 6.75. The van der Waals surface area contributed by atoms with E-state index in [1.807, 2.05) is 17.5 Å². The monoisotopic (exact) mass is 330 g/mol. The van der Waals surface area contributed by atoms with Crippen LogP contribution in [0.2, 0.25) is 0 Å². The van der Waals surface area contributed by atoms with Crippen LogP contribution in [0.5, 0.6) is 0 Å². The van der Waals surface area contributed by atoms with Crippen molar-refractivity contribution in [2.45, 2.75) is 31.4 Å². The number of nitrogens with zero attached hydrogens (tertiary/aromatic N) is 1. The smallest absolute Gasteiger partial charge is 0.212 e. The first-order chi connectivity index (χ1) is 10.1. The number of hydrogen-bond donors (Lipinski definition) is 1. The van der Waals surface area contributed by atoms with E-state index in [1.54, 1.807) is 11.3 Å². The lowest BCUT2D eigenvalue weighted by Gasteiger charge is -2.33. The fraction of sp³-hybridized carbons (Fsp3) is 0.714. The summed E-state index contributed by atoms with van der Waals surface area (Å²) >= 11 is 1.60. The van der Waals surface area contributed by atoms with Crippen LogP contribution in [0, 0.1) is 0 Å². The number of aryl methyl sites for hydroxylation is 1. The molecule has 0 radical (unpaired) electrons. The van der Waals surface area contributed by atoms with Gasteiger partial charge in [-0.05, 0) is 30.7 Å². The zero-order chi connectivity index (χ0) is 14.7. The maximum Gasteiger partial charge on any atom is 0.212 e. The third-order valence-electron chi connectivity index (χ3n) is 3.96. The summed E-state index contributed by atoms with van der Waals surface area (Å²) in [7, 11) is -3.22. The molecule has 118 valence electrons. The van der Waals surface area contributed by atoms with Crippen LogP contribution in [-0.2, 0) is 21.2 Å². The van der Waals surface area contributed by atoms with E-state index in [-0.39, 0.29) is 11.9 Å². The van der Waals surface area contributed by atoms with Crippen LogP contribution < -0.4 is 4.72 Å². The number of rotatable bonds is 7. The first kappa shape index (κ1) is 15.4. The van der Waals surface area contributed by atoms with Gasteiger partial charge in [-0.2, -0.15) is 0 Å². The Morgan fingerprint density at radius 3 is 3.00 bits per heavy atom. The summed E-state index contributed by atoms with van der Waals surface area (Å²) in [6.45, 7) is 2.92. The molecule has 2 aliphatic rings. The highest BCUT2D eigenvalue weighted by molar-refractivity contribution is 7.89. The topological polar surface area (TPSA) is 58.6 Å². The Morgan fingerprint density at radius 2 is 2.29 bits per heavy atom. The molecule has 21 heavy (non-hydrogen) atoms. The Kier molecular flexibility index (Phi) is 4.96. The minimum Gasteiger partial charge on any atom is -0.374 e. The normalized spacial score (nSPS) is 24.3. The maximum absolute atomic E-state index is 12.0. The summed E-state index contributed by atoms with van der Waals surface area (Å²) in [5.41, 5.74) is 0. The zero-order valence-corrected chi connectivity index (χ0v) is 13.7. The quantitative estimate of drug-likeness (QED) is 0.813. The van der Waals surface area contributed by atoms with Crippen molar-refractivity contribution in [3.8, 4) is 0 Å². The lowest BCUT2D eigenvalue weighted by atomic mass is 10.2. The van der Waals surface area contributed by atoms with Gasteiger partial charge in [0.2, 0.25) is 10.0 Å². The minimum atomic E-state index is -3.22. The van der Waals surface area contributed by atoms with Crippen molar-refractivity contribution < 1.29 is 13.2 Å². The molecule has 1 N–H and O–H groups in total. The molecular formula is C14H22N2O3S2. The molecule has 2 fully saturated rings. The van der Waals surface area contributed by atoms with Gasteiger partial charge >= 0.3 is 0 Å². The van der Waals surface area contributed by atoms with E-state index in [4.69, 9.17) is 4.74 Å². The van der Waals surface area contributed by atoms with Gasteiger partial charge in [0.15, 0.2) is 0 Å². The van der Waals surface area contributed by atoms with Crippen LogP contribution in [0.4, 0.5) is 0 Å². The summed E-state index contributed by atoms with van der Waals surface area (Å²) in [6.07, 6.45) is 3.11. The number of thiophene rings is 1. The zero-order valence-electron chi connectivity index (χ0n) is 12.0. The van der Waals surface area contributed by atoms with Crippen molar-refractivity contribution in [1.82, 2.24) is 9.62 Å². The van der Waals surface area contributed by atoms with Gasteiger partial charge in [-0.1, -0.05) is 6.07 Å². The first-order valence-corrected chi connectivity index (χ1v) is 10.0. The third kappa shape index (κ3) is 4.75. The van der Waals surface area contributed by atoms with Crippen LogP contribution >= 0.6 is 11.3 Å². The van der Waals surface area contributed by atoms with Gasteiger partial charge in [0.25, 0.3) is 0 Å². The van der Waals surface area contributed by atoms with E-state index in [9.17, 15) is 8.42 Å². The Hall–Kier alpha value is -0.470. The molecule has 0 spiro atoms. The van der Waals surface area contributed by atoms with E-state index in [0.29, 0.717) is 25.6 Å². The lowest BCUT2D eigenvalue weighted by Crippen LogP contribution is -2.48. The third-order valence-corrected chi connectivity index (χ3v) is 6.25. The molecule has 1 saturated carbocycles. The number of sulfonamides is 1. The number of morpholine rings is 1. The van der Waals surface area contributed by atoms with Crippen molar-refractivity contribution in [2.75, 3.05) is 32.0 Å². The van der Waals surface area contributed by atoms with E-state index in [0.717, 1.165) is 18.0 Å². The summed E-state index contributed by atoms with van der Waals surface area (Å²) in [5, 5.41) is 1.97. The second-order valence-electron chi connectivity index (χ2n) is 5.72. The van der Waals surface area contributed by atoms with E-state index in [2.05, 4.69) is 9.62 Å². The molecule has 5 nitrogen and oxygen atoms in total. The molecule has 3 rings (SSSR count). The lowest BCUT2D eigenvalue weighted by molar-refractivity contribution is -0.0277. The average Bonchev–Trinajstić information content (AvgIpc) is 3.20. The Labute approximate surface area is 130 Å². The SMILES string of the molecule is O=S(=O)(CCc1cccs1)NC[C@@H]1CN(C2CC2)CCO1. The standard InChI is InChI=1S/C14H22N2O3S2/c17-21(18,9-5-14-2-1-8-20-14)15-10-13-11-16(6-7-19-13)12-3-4-12/h1-2,8,12-13,15H,3-7,9-11H2/t13-/m1/s1. The molecule has 1 aliphatic carbocycles. The molecular weight excluding hydrogens is 308 g/mol. The minimum absolute atomic E-state index is 0.0177. The van der Waals surface area contributed by atoms with Crippen LogP contribution in [-0.4, -0.2) is 57.5 Å². The van der Waals surface area contributed by atoms with Crippen LogP contribution in [0.15, 0.2) is 17.5 Å². The van der Waals surface area contributed by atoms with Crippen molar-refractivity contribution in [1.29, 1.82) is 0 Å². The highest BCUT2D eigenvalue weighted by atomic mass is 32.2. The fourth-order valence-corrected chi connectivity index (χ4v) is 4.53. The summed E-state index contributed by atoms with van der Waals surface area (Å²) in [6, 6.07) is 4.63. The van der Waals surface area contributed by atoms with Crippen molar-refractivity contribution in [2.24, 2.45) is 0 Å². The van der Waals surface area contributed by atoms with E-state index in [1.165, 1.54) is 12.8 Å². The van der Waals surface area contributed by atoms with Gasteiger partial charge in [0.05, 0.1) is 18.5 Å². The summed E-state index contributed by atoms with van der Waals surface area (Å²) < 4.78 is 32.4. The first-order valence-electron chi connectivity index (χ1n) is 7.48. The van der Waals surface area contributed by atoms with Crippen molar-refractivity contribution in [3.05, 3.63) is 22.4 Å². The fourth-order valence-electron chi connectivity index (χ4n) is 2.62. The highest BCUT2D eigenvalue weighted by Crippen LogP contribution is 2.28. The molecule has 1 aliphatic heterocycles. The predicted molar refractivity (Wildman–Crippen MR) is 84.1 cm³/mol.